The molecule has 1 aliphatic heterocycles. The van der Waals surface area contributed by atoms with Crippen LogP contribution >= 0.6 is 0 Å². The fourth-order valence-corrected chi connectivity index (χ4v) is 5.06. The maximum Gasteiger partial charge on any atom is 0.325 e. The molecule has 0 bridgehead atoms. The monoisotopic (exact) mass is 377 g/mol. The lowest BCUT2D eigenvalue weighted by atomic mass is 9.67. The van der Waals surface area contributed by atoms with Crippen LogP contribution in [0, 0.1) is 17.3 Å². The average Bonchev–Trinajstić information content (AvgIpc) is 2.81. The number of carbonyl (C=O) groups is 3. The van der Waals surface area contributed by atoms with Gasteiger partial charge in [0.1, 0.15) is 12.1 Å². The quantitative estimate of drug-likeness (QED) is 0.741. The second-order valence-electron chi connectivity index (χ2n) is 9.98. The number of nitrogens with one attached hydrogen (secondary N) is 2. The van der Waals surface area contributed by atoms with E-state index in [1.807, 2.05) is 0 Å². The van der Waals surface area contributed by atoms with Crippen molar-refractivity contribution in [1.29, 1.82) is 0 Å². The molecule has 1 saturated heterocycles. The molecule has 0 aromatic heterocycles. The van der Waals surface area contributed by atoms with E-state index < -0.39 is 11.6 Å². The molecule has 2 saturated carbocycles. The molecule has 6 nitrogen and oxygen atoms in total. The number of hydrogen-bond donors (Lipinski definition) is 2. The van der Waals surface area contributed by atoms with Crippen LogP contribution in [0.2, 0.25) is 0 Å². The largest absolute Gasteiger partial charge is 0.352 e. The summed E-state index contributed by atoms with van der Waals surface area (Å²) in [5, 5.41) is 5.96. The summed E-state index contributed by atoms with van der Waals surface area (Å²) < 4.78 is 0. The summed E-state index contributed by atoms with van der Waals surface area (Å²) >= 11 is 0. The summed E-state index contributed by atoms with van der Waals surface area (Å²) in [6.07, 6.45) is 7.60. The van der Waals surface area contributed by atoms with Crippen molar-refractivity contribution in [3.8, 4) is 0 Å². The van der Waals surface area contributed by atoms with Crippen molar-refractivity contribution in [1.82, 2.24) is 15.5 Å². The Labute approximate surface area is 162 Å². The Bertz CT molecular complexity index is 602. The molecule has 3 fully saturated rings. The molecule has 2 N–H and O–H groups in total. The third-order valence-electron chi connectivity index (χ3n) is 7.07. The van der Waals surface area contributed by atoms with E-state index in [1.165, 1.54) is 6.42 Å². The maximum absolute atomic E-state index is 13.0. The van der Waals surface area contributed by atoms with Gasteiger partial charge in [-0.05, 0) is 55.8 Å². The van der Waals surface area contributed by atoms with Crippen molar-refractivity contribution < 1.29 is 14.4 Å². The van der Waals surface area contributed by atoms with Crippen LogP contribution in [-0.2, 0) is 9.59 Å². The minimum atomic E-state index is -0.794. The van der Waals surface area contributed by atoms with Gasteiger partial charge in [0.05, 0.1) is 0 Å². The van der Waals surface area contributed by atoms with Gasteiger partial charge in [0, 0.05) is 6.04 Å². The zero-order valence-electron chi connectivity index (χ0n) is 17.3. The number of urea groups is 1. The van der Waals surface area contributed by atoms with E-state index in [9.17, 15) is 14.4 Å². The highest BCUT2D eigenvalue weighted by molar-refractivity contribution is 6.09. The predicted octanol–water partition coefficient (Wildman–Crippen LogP) is 3.21. The Morgan fingerprint density at radius 3 is 2.37 bits per heavy atom. The van der Waals surface area contributed by atoms with Gasteiger partial charge >= 0.3 is 6.03 Å². The first-order valence-corrected chi connectivity index (χ1v) is 10.6. The van der Waals surface area contributed by atoms with Crippen molar-refractivity contribution >= 4 is 17.8 Å². The Morgan fingerprint density at radius 2 is 1.78 bits per heavy atom. The van der Waals surface area contributed by atoms with Gasteiger partial charge < -0.3 is 10.6 Å². The number of rotatable bonds is 3. The van der Waals surface area contributed by atoms with Gasteiger partial charge in [-0.1, -0.05) is 40.5 Å². The predicted molar refractivity (Wildman–Crippen MR) is 104 cm³/mol. The van der Waals surface area contributed by atoms with Crippen molar-refractivity contribution in [3.05, 3.63) is 0 Å². The smallest absolute Gasteiger partial charge is 0.325 e. The fraction of sp³-hybridized carbons (Fsp3) is 0.857. The van der Waals surface area contributed by atoms with Gasteiger partial charge in [0.15, 0.2) is 0 Å². The van der Waals surface area contributed by atoms with Crippen LogP contribution in [0.15, 0.2) is 0 Å². The molecule has 3 rings (SSSR count). The molecule has 0 aromatic rings. The molecule has 1 heterocycles. The highest BCUT2D eigenvalue weighted by Crippen LogP contribution is 2.43. The van der Waals surface area contributed by atoms with Gasteiger partial charge in [0.25, 0.3) is 5.91 Å². The third-order valence-corrected chi connectivity index (χ3v) is 7.07. The van der Waals surface area contributed by atoms with Gasteiger partial charge in [-0.2, -0.15) is 0 Å². The van der Waals surface area contributed by atoms with Crippen molar-refractivity contribution in [2.24, 2.45) is 17.3 Å². The van der Waals surface area contributed by atoms with E-state index in [1.54, 1.807) is 0 Å². The Hall–Kier alpha value is -1.59. The number of hydrogen-bond acceptors (Lipinski definition) is 3. The number of amides is 4. The van der Waals surface area contributed by atoms with Crippen molar-refractivity contribution in [3.63, 3.8) is 0 Å². The van der Waals surface area contributed by atoms with Crippen LogP contribution in [0.1, 0.15) is 79.1 Å². The molecule has 4 amide bonds. The van der Waals surface area contributed by atoms with E-state index in [0.29, 0.717) is 24.7 Å². The topological polar surface area (TPSA) is 78.5 Å². The minimum absolute atomic E-state index is 0.156. The zero-order chi connectivity index (χ0) is 19.8. The average molecular weight is 378 g/mol. The summed E-state index contributed by atoms with van der Waals surface area (Å²) in [7, 11) is 0. The summed E-state index contributed by atoms with van der Waals surface area (Å²) in [5.74, 6) is 0.562. The molecule has 6 heteroatoms. The van der Waals surface area contributed by atoms with Crippen LogP contribution in [0.3, 0.4) is 0 Å². The van der Waals surface area contributed by atoms with Gasteiger partial charge in [-0.25, -0.2) is 4.79 Å². The molecule has 152 valence electrons. The molecular formula is C21H35N3O3. The number of carbonyl (C=O) groups excluding carboxylic acids is 3. The van der Waals surface area contributed by atoms with Gasteiger partial charge in [-0.3, -0.25) is 14.5 Å². The van der Waals surface area contributed by atoms with Gasteiger partial charge in [0.2, 0.25) is 5.91 Å². The SMILES string of the molecule is CC1CCCCC1NC(=O)CN1C(=O)NC2(CCC(C(C)(C)C)CC2)C1=O. The Balaban J connectivity index is 1.59. The molecule has 2 atom stereocenters. The Morgan fingerprint density at radius 1 is 1.15 bits per heavy atom. The lowest BCUT2D eigenvalue weighted by Crippen LogP contribution is -2.51. The molecule has 2 unspecified atom stereocenters. The number of imide groups is 1. The highest BCUT2D eigenvalue weighted by atomic mass is 16.2. The van der Waals surface area contributed by atoms with E-state index in [4.69, 9.17) is 0 Å². The molecule has 0 aromatic carbocycles. The van der Waals surface area contributed by atoms with Crippen LogP contribution in [0.4, 0.5) is 4.79 Å². The first-order chi connectivity index (χ1) is 12.6. The summed E-state index contributed by atoms with van der Waals surface area (Å²) in [5.41, 5.74) is -0.583. The molecule has 27 heavy (non-hydrogen) atoms. The van der Waals surface area contributed by atoms with E-state index in [0.717, 1.165) is 37.0 Å². The summed E-state index contributed by atoms with van der Waals surface area (Å²) in [4.78, 5) is 39.0. The lowest BCUT2D eigenvalue weighted by molar-refractivity contribution is -0.136. The second kappa shape index (κ2) is 7.44. The summed E-state index contributed by atoms with van der Waals surface area (Å²) in [6.45, 7) is 8.67. The molecule has 2 aliphatic carbocycles. The molecule has 1 spiro atoms. The number of nitrogens with zero attached hydrogens (tertiary/aromatic N) is 1. The van der Waals surface area contributed by atoms with Crippen molar-refractivity contribution in [2.45, 2.75) is 90.6 Å². The molecule has 3 aliphatic rings. The van der Waals surface area contributed by atoms with Crippen LogP contribution in [0.25, 0.3) is 0 Å². The lowest BCUT2D eigenvalue weighted by Gasteiger charge is -2.40. The minimum Gasteiger partial charge on any atom is -0.352 e. The van der Waals surface area contributed by atoms with Gasteiger partial charge in [-0.15, -0.1) is 0 Å². The third kappa shape index (κ3) is 4.14. The maximum atomic E-state index is 13.0. The van der Waals surface area contributed by atoms with Crippen LogP contribution in [0.5, 0.6) is 0 Å². The standard InChI is InChI=1S/C21H35N3O3/c1-14-7-5-6-8-16(14)22-17(25)13-24-18(26)21(23-19(24)27)11-9-15(10-12-21)20(2,3)4/h14-16H,5-13H2,1-4H3,(H,22,25)(H,23,27). The highest BCUT2D eigenvalue weighted by Gasteiger charge is 2.53. The first-order valence-electron chi connectivity index (χ1n) is 10.6. The normalized spacial score (nSPS) is 34.7. The van der Waals surface area contributed by atoms with E-state index in [2.05, 4.69) is 38.3 Å². The fourth-order valence-electron chi connectivity index (χ4n) is 5.06. The molecular weight excluding hydrogens is 342 g/mol. The second-order valence-corrected chi connectivity index (χ2v) is 9.98. The van der Waals surface area contributed by atoms with Crippen LogP contribution in [-0.4, -0.2) is 40.9 Å². The van der Waals surface area contributed by atoms with Crippen LogP contribution < -0.4 is 10.6 Å². The van der Waals surface area contributed by atoms with E-state index in [-0.39, 0.29) is 29.8 Å². The molecule has 0 radical (unpaired) electrons. The first kappa shape index (κ1) is 20.2. The zero-order valence-corrected chi connectivity index (χ0v) is 17.3. The van der Waals surface area contributed by atoms with Crippen molar-refractivity contribution in [2.75, 3.05) is 6.54 Å². The summed E-state index contributed by atoms with van der Waals surface area (Å²) in [6, 6.07) is -0.260. The Kier molecular flexibility index (Phi) is 5.55. The van der Waals surface area contributed by atoms with E-state index >= 15 is 0 Å².